The third kappa shape index (κ3) is 4.97. The molecule has 0 amide bonds. The molecule has 1 aromatic carbocycles. The standard InChI is InChI=1S/C17H21NO2S/c1-17(2,3)15-12-21-16(18-15)11-13(19)9-10-20-14-7-5-4-6-8-14/h4-8,12H,9-11H2,1-3H3. The van der Waals surface area contributed by atoms with Crippen molar-refractivity contribution in [3.8, 4) is 5.75 Å². The molecule has 21 heavy (non-hydrogen) atoms. The Morgan fingerprint density at radius 2 is 1.95 bits per heavy atom. The first-order valence-corrected chi connectivity index (χ1v) is 7.97. The summed E-state index contributed by atoms with van der Waals surface area (Å²) >= 11 is 1.56. The summed E-state index contributed by atoms with van der Waals surface area (Å²) < 4.78 is 5.54. The normalized spacial score (nSPS) is 11.4. The third-order valence-electron chi connectivity index (χ3n) is 3.06. The van der Waals surface area contributed by atoms with Gasteiger partial charge in [0.15, 0.2) is 0 Å². The SMILES string of the molecule is CC(C)(C)c1csc(CC(=O)CCOc2ccccc2)n1. The second-order valence-corrected chi connectivity index (χ2v) is 6.95. The van der Waals surface area contributed by atoms with E-state index in [0.717, 1.165) is 16.5 Å². The first-order valence-electron chi connectivity index (χ1n) is 7.09. The Balaban J connectivity index is 1.78. The van der Waals surface area contributed by atoms with Crippen molar-refractivity contribution in [1.82, 2.24) is 4.98 Å². The Hall–Kier alpha value is -1.68. The van der Waals surface area contributed by atoms with Gasteiger partial charge in [-0.15, -0.1) is 11.3 Å². The Bertz CT molecular complexity index is 584. The molecule has 0 fully saturated rings. The summed E-state index contributed by atoms with van der Waals surface area (Å²) in [5, 5.41) is 2.94. The minimum absolute atomic E-state index is 0.0359. The van der Waals surface area contributed by atoms with Crippen molar-refractivity contribution in [2.75, 3.05) is 6.61 Å². The van der Waals surface area contributed by atoms with Crippen LogP contribution >= 0.6 is 11.3 Å². The van der Waals surface area contributed by atoms with Crippen LogP contribution in [0.2, 0.25) is 0 Å². The number of para-hydroxylation sites is 1. The van der Waals surface area contributed by atoms with Gasteiger partial charge in [-0.2, -0.15) is 0 Å². The van der Waals surface area contributed by atoms with E-state index >= 15 is 0 Å². The zero-order valence-electron chi connectivity index (χ0n) is 12.8. The van der Waals surface area contributed by atoms with Gasteiger partial charge >= 0.3 is 0 Å². The number of aromatic nitrogens is 1. The smallest absolute Gasteiger partial charge is 0.143 e. The molecule has 2 rings (SSSR count). The lowest BCUT2D eigenvalue weighted by Gasteiger charge is -2.14. The highest BCUT2D eigenvalue weighted by molar-refractivity contribution is 7.09. The molecular formula is C17H21NO2S. The van der Waals surface area contributed by atoms with Crippen LogP contribution in [0.25, 0.3) is 0 Å². The topological polar surface area (TPSA) is 39.2 Å². The van der Waals surface area contributed by atoms with Gasteiger partial charge in [-0.1, -0.05) is 39.0 Å². The monoisotopic (exact) mass is 303 g/mol. The second kappa shape index (κ2) is 6.85. The molecule has 0 aliphatic carbocycles. The minimum Gasteiger partial charge on any atom is -0.493 e. The molecule has 0 aliphatic heterocycles. The van der Waals surface area contributed by atoms with Crippen LogP contribution in [-0.2, 0) is 16.6 Å². The molecule has 0 saturated heterocycles. The number of ether oxygens (including phenoxy) is 1. The molecule has 0 bridgehead atoms. The minimum atomic E-state index is 0.0359. The van der Waals surface area contributed by atoms with Crippen molar-refractivity contribution in [3.05, 3.63) is 46.4 Å². The summed E-state index contributed by atoms with van der Waals surface area (Å²) in [4.78, 5) is 16.5. The van der Waals surface area contributed by atoms with E-state index in [0.29, 0.717) is 19.4 Å². The lowest BCUT2D eigenvalue weighted by Crippen LogP contribution is -2.12. The van der Waals surface area contributed by atoms with Crippen molar-refractivity contribution in [2.45, 2.75) is 39.0 Å². The molecule has 2 aromatic rings. The van der Waals surface area contributed by atoms with Crippen LogP contribution in [0.1, 0.15) is 37.9 Å². The van der Waals surface area contributed by atoms with Gasteiger partial charge in [0.05, 0.1) is 18.7 Å². The van der Waals surface area contributed by atoms with Crippen LogP contribution in [0.3, 0.4) is 0 Å². The number of hydrogen-bond donors (Lipinski definition) is 0. The number of carbonyl (C=O) groups excluding carboxylic acids is 1. The largest absolute Gasteiger partial charge is 0.493 e. The zero-order chi connectivity index (χ0) is 15.3. The maximum absolute atomic E-state index is 11.9. The second-order valence-electron chi connectivity index (χ2n) is 6.00. The van der Waals surface area contributed by atoms with Crippen molar-refractivity contribution in [2.24, 2.45) is 0 Å². The Labute approximate surface area is 130 Å². The van der Waals surface area contributed by atoms with E-state index in [4.69, 9.17) is 4.74 Å². The molecule has 0 radical (unpaired) electrons. The van der Waals surface area contributed by atoms with Crippen molar-refractivity contribution >= 4 is 17.1 Å². The van der Waals surface area contributed by atoms with E-state index in [1.54, 1.807) is 11.3 Å². The highest BCUT2D eigenvalue weighted by atomic mass is 32.1. The van der Waals surface area contributed by atoms with Crippen molar-refractivity contribution in [1.29, 1.82) is 0 Å². The van der Waals surface area contributed by atoms with E-state index in [1.165, 1.54) is 0 Å². The number of benzene rings is 1. The average molecular weight is 303 g/mol. The molecule has 0 aliphatic rings. The van der Waals surface area contributed by atoms with Crippen LogP contribution in [0, 0.1) is 0 Å². The van der Waals surface area contributed by atoms with Gasteiger partial charge in [0.25, 0.3) is 0 Å². The molecule has 1 heterocycles. The van der Waals surface area contributed by atoms with E-state index in [1.807, 2.05) is 35.7 Å². The summed E-state index contributed by atoms with van der Waals surface area (Å²) in [6.45, 7) is 6.80. The van der Waals surface area contributed by atoms with Gasteiger partial charge < -0.3 is 4.74 Å². The Morgan fingerprint density at radius 3 is 2.57 bits per heavy atom. The zero-order valence-corrected chi connectivity index (χ0v) is 13.6. The van der Waals surface area contributed by atoms with E-state index in [9.17, 15) is 4.79 Å². The van der Waals surface area contributed by atoms with Gasteiger partial charge in [-0.25, -0.2) is 4.98 Å². The number of nitrogens with zero attached hydrogens (tertiary/aromatic N) is 1. The van der Waals surface area contributed by atoms with Crippen LogP contribution in [0.4, 0.5) is 0 Å². The number of carbonyl (C=O) groups is 1. The van der Waals surface area contributed by atoms with Crippen molar-refractivity contribution < 1.29 is 9.53 Å². The summed E-state index contributed by atoms with van der Waals surface area (Å²) in [6, 6.07) is 9.55. The van der Waals surface area contributed by atoms with E-state index in [-0.39, 0.29) is 11.2 Å². The van der Waals surface area contributed by atoms with Gasteiger partial charge in [-0.05, 0) is 12.1 Å². The average Bonchev–Trinajstić information content (AvgIpc) is 2.88. The van der Waals surface area contributed by atoms with Gasteiger partial charge in [-0.3, -0.25) is 4.79 Å². The third-order valence-corrected chi connectivity index (χ3v) is 3.91. The fourth-order valence-corrected chi connectivity index (χ4v) is 2.84. The van der Waals surface area contributed by atoms with Crippen LogP contribution in [-0.4, -0.2) is 17.4 Å². The molecule has 4 heteroatoms. The van der Waals surface area contributed by atoms with E-state index in [2.05, 4.69) is 25.8 Å². The van der Waals surface area contributed by atoms with Crippen molar-refractivity contribution in [3.63, 3.8) is 0 Å². The number of rotatable bonds is 6. The van der Waals surface area contributed by atoms with Gasteiger partial charge in [0, 0.05) is 17.2 Å². The van der Waals surface area contributed by atoms with Crippen LogP contribution < -0.4 is 4.74 Å². The molecule has 0 spiro atoms. The van der Waals surface area contributed by atoms with Crippen LogP contribution in [0.15, 0.2) is 35.7 Å². The molecule has 0 saturated carbocycles. The predicted octanol–water partition coefficient (Wildman–Crippen LogP) is 4.02. The fourth-order valence-electron chi connectivity index (χ4n) is 1.79. The predicted molar refractivity (Wildman–Crippen MR) is 86.1 cm³/mol. The van der Waals surface area contributed by atoms with Crippen LogP contribution in [0.5, 0.6) is 5.75 Å². The fraction of sp³-hybridized carbons (Fsp3) is 0.412. The number of ketones is 1. The summed E-state index contributed by atoms with van der Waals surface area (Å²) in [5.41, 5.74) is 1.09. The maximum atomic E-state index is 11.9. The quantitative estimate of drug-likeness (QED) is 0.809. The number of Topliss-reactive ketones (excluding diaryl/α,β-unsaturated/α-hetero) is 1. The summed E-state index contributed by atoms with van der Waals surface area (Å²) in [7, 11) is 0. The van der Waals surface area contributed by atoms with E-state index < -0.39 is 0 Å². The number of hydrogen-bond acceptors (Lipinski definition) is 4. The van der Waals surface area contributed by atoms with Gasteiger partial charge in [0.1, 0.15) is 16.5 Å². The molecule has 3 nitrogen and oxygen atoms in total. The first-order chi connectivity index (χ1) is 9.95. The highest BCUT2D eigenvalue weighted by Gasteiger charge is 2.18. The van der Waals surface area contributed by atoms with Gasteiger partial charge in [0.2, 0.25) is 0 Å². The molecular weight excluding hydrogens is 282 g/mol. The number of thiazole rings is 1. The Morgan fingerprint density at radius 1 is 1.24 bits per heavy atom. The lowest BCUT2D eigenvalue weighted by molar-refractivity contribution is -0.118. The maximum Gasteiger partial charge on any atom is 0.143 e. The summed E-state index contributed by atoms with van der Waals surface area (Å²) in [5.74, 6) is 0.968. The molecule has 0 atom stereocenters. The lowest BCUT2D eigenvalue weighted by atomic mass is 9.93. The Kier molecular flexibility index (Phi) is 5.12. The molecule has 1 aromatic heterocycles. The summed E-state index contributed by atoms with van der Waals surface area (Å²) in [6.07, 6.45) is 0.818. The first kappa shape index (κ1) is 15.7. The molecule has 0 unspecified atom stereocenters. The molecule has 0 N–H and O–H groups in total. The highest BCUT2D eigenvalue weighted by Crippen LogP contribution is 2.24. The molecule has 112 valence electrons.